The lowest BCUT2D eigenvalue weighted by molar-refractivity contribution is -0.110. The number of nitrogens with zero attached hydrogens (tertiary/aromatic N) is 3. The molecule has 0 saturated heterocycles. The minimum Gasteiger partial charge on any atom is -0.367 e. The first kappa shape index (κ1) is 10.4. The maximum atomic E-state index is 11.6. The molecule has 82 valence electrons. The fourth-order valence-electron chi connectivity index (χ4n) is 1.39. The average Bonchev–Trinajstić information content (AvgIpc) is 2.55. The zero-order chi connectivity index (χ0) is 11.5. The molecule has 0 aliphatic carbocycles. The molecular weight excluding hydrogens is 204 g/mol. The van der Waals surface area contributed by atoms with E-state index < -0.39 is 0 Å². The number of carbonyl (C=O) groups excluding carboxylic acids is 1. The van der Waals surface area contributed by atoms with Crippen molar-refractivity contribution in [1.29, 1.82) is 0 Å². The molecule has 1 amide bonds. The van der Waals surface area contributed by atoms with Crippen LogP contribution in [0.4, 0.5) is 5.69 Å². The van der Waals surface area contributed by atoms with Gasteiger partial charge < -0.3 is 10.2 Å². The predicted molar refractivity (Wildman–Crippen MR) is 63.8 cm³/mol. The quantitative estimate of drug-likeness (QED) is 0.454. The van der Waals surface area contributed by atoms with E-state index in [1.54, 1.807) is 11.2 Å². The van der Waals surface area contributed by atoms with Crippen molar-refractivity contribution in [2.45, 2.75) is 0 Å². The highest BCUT2D eigenvalue weighted by Gasteiger charge is 2.25. The number of fused-ring (bicyclic) bond motifs is 1. The lowest BCUT2D eigenvalue weighted by Crippen LogP contribution is -2.14. The molecular formula is C11H12N4O. The number of para-hydroxylation sites is 1. The van der Waals surface area contributed by atoms with Crippen molar-refractivity contribution in [1.82, 2.24) is 4.90 Å². The molecule has 1 aliphatic heterocycles. The van der Waals surface area contributed by atoms with Crippen LogP contribution in [0.15, 0.2) is 34.5 Å². The molecule has 0 saturated carbocycles. The van der Waals surface area contributed by atoms with Crippen molar-refractivity contribution in [3.63, 3.8) is 0 Å². The third-order valence-corrected chi connectivity index (χ3v) is 2.09. The fraction of sp³-hybridized carbons (Fsp3) is 0.182. The van der Waals surface area contributed by atoms with Gasteiger partial charge in [-0.15, -0.1) is 10.2 Å². The molecule has 1 N–H and O–H groups in total. The summed E-state index contributed by atoms with van der Waals surface area (Å²) in [6.45, 7) is 0. The summed E-state index contributed by atoms with van der Waals surface area (Å²) >= 11 is 0. The highest BCUT2D eigenvalue weighted by Crippen LogP contribution is 2.22. The number of carbonyl (C=O) groups is 1. The van der Waals surface area contributed by atoms with E-state index in [-0.39, 0.29) is 5.91 Å². The molecule has 5 heteroatoms. The number of rotatable bonds is 2. The summed E-state index contributed by atoms with van der Waals surface area (Å²) in [6, 6.07) is 7.41. The van der Waals surface area contributed by atoms with Crippen LogP contribution < -0.4 is 5.32 Å². The van der Waals surface area contributed by atoms with Gasteiger partial charge in [-0.3, -0.25) is 4.79 Å². The van der Waals surface area contributed by atoms with E-state index in [2.05, 4.69) is 15.5 Å². The van der Waals surface area contributed by atoms with Crippen LogP contribution >= 0.6 is 0 Å². The molecule has 1 aromatic carbocycles. The third kappa shape index (κ3) is 1.93. The molecule has 0 spiro atoms. The summed E-state index contributed by atoms with van der Waals surface area (Å²) in [5, 5.41) is 10.5. The second-order valence-corrected chi connectivity index (χ2v) is 3.64. The van der Waals surface area contributed by atoms with Crippen LogP contribution in [-0.2, 0) is 4.79 Å². The van der Waals surface area contributed by atoms with Crippen molar-refractivity contribution >= 4 is 23.6 Å². The standard InChI is InChI=1S/C11H12N4O/c1-15(2)7-12-14-10-8-5-3-4-6-9(8)13-11(10)16/h3-7H,1-2H3,(H,13,14,16)/b12-7+. The van der Waals surface area contributed by atoms with Crippen molar-refractivity contribution in [2.75, 3.05) is 19.4 Å². The van der Waals surface area contributed by atoms with Crippen LogP contribution in [0.3, 0.4) is 0 Å². The Morgan fingerprint density at radius 1 is 1.31 bits per heavy atom. The van der Waals surface area contributed by atoms with E-state index in [0.29, 0.717) is 5.71 Å². The van der Waals surface area contributed by atoms with Gasteiger partial charge in [0.15, 0.2) is 5.71 Å². The zero-order valence-corrected chi connectivity index (χ0v) is 9.14. The minimum absolute atomic E-state index is 0.211. The summed E-state index contributed by atoms with van der Waals surface area (Å²) in [4.78, 5) is 13.3. The molecule has 2 rings (SSSR count). The maximum Gasteiger partial charge on any atom is 0.276 e. The zero-order valence-electron chi connectivity index (χ0n) is 9.14. The van der Waals surface area contributed by atoms with E-state index >= 15 is 0 Å². The van der Waals surface area contributed by atoms with Gasteiger partial charge in [0, 0.05) is 19.7 Å². The van der Waals surface area contributed by atoms with Crippen molar-refractivity contribution < 1.29 is 4.79 Å². The Bertz CT molecular complexity index is 477. The van der Waals surface area contributed by atoms with Crippen molar-refractivity contribution in [2.24, 2.45) is 10.2 Å². The summed E-state index contributed by atoms with van der Waals surface area (Å²) in [5.41, 5.74) is 1.93. The molecule has 0 radical (unpaired) electrons. The highest BCUT2D eigenvalue weighted by molar-refractivity contribution is 6.53. The number of anilines is 1. The van der Waals surface area contributed by atoms with Crippen LogP contribution in [0, 0.1) is 0 Å². The Morgan fingerprint density at radius 3 is 2.81 bits per heavy atom. The molecule has 0 bridgehead atoms. The van der Waals surface area contributed by atoms with Gasteiger partial charge in [-0.05, 0) is 6.07 Å². The van der Waals surface area contributed by atoms with Crippen LogP contribution in [0.2, 0.25) is 0 Å². The smallest absolute Gasteiger partial charge is 0.276 e. The second-order valence-electron chi connectivity index (χ2n) is 3.64. The SMILES string of the molecule is CN(C)/C=N/N=C1/C(=O)Nc2ccccc21. The highest BCUT2D eigenvalue weighted by atomic mass is 16.2. The summed E-state index contributed by atoms with van der Waals surface area (Å²) in [7, 11) is 3.68. The first-order valence-corrected chi connectivity index (χ1v) is 4.87. The van der Waals surface area contributed by atoms with Crippen molar-refractivity contribution in [3.05, 3.63) is 29.8 Å². The predicted octanol–water partition coefficient (Wildman–Crippen LogP) is 0.933. The summed E-state index contributed by atoms with van der Waals surface area (Å²) in [6.07, 6.45) is 1.54. The second kappa shape index (κ2) is 4.14. The first-order valence-electron chi connectivity index (χ1n) is 4.87. The fourth-order valence-corrected chi connectivity index (χ4v) is 1.39. The van der Waals surface area contributed by atoms with Crippen molar-refractivity contribution in [3.8, 4) is 0 Å². The molecule has 0 aromatic heterocycles. The largest absolute Gasteiger partial charge is 0.367 e. The Kier molecular flexibility index (Phi) is 2.68. The average molecular weight is 216 g/mol. The Labute approximate surface area is 93.5 Å². The van der Waals surface area contributed by atoms with Gasteiger partial charge in [0.2, 0.25) is 0 Å². The van der Waals surface area contributed by atoms with Crippen LogP contribution in [0.5, 0.6) is 0 Å². The van der Waals surface area contributed by atoms with Gasteiger partial charge in [-0.2, -0.15) is 0 Å². The third-order valence-electron chi connectivity index (χ3n) is 2.09. The van der Waals surface area contributed by atoms with E-state index in [0.717, 1.165) is 11.3 Å². The van der Waals surface area contributed by atoms with Gasteiger partial charge in [0.05, 0.1) is 5.69 Å². The van der Waals surface area contributed by atoms with E-state index in [9.17, 15) is 4.79 Å². The van der Waals surface area contributed by atoms with E-state index in [1.807, 2.05) is 38.4 Å². The molecule has 1 aliphatic rings. The molecule has 1 aromatic rings. The van der Waals surface area contributed by atoms with E-state index in [4.69, 9.17) is 0 Å². The van der Waals surface area contributed by atoms with E-state index in [1.165, 1.54) is 0 Å². The molecule has 0 atom stereocenters. The maximum absolute atomic E-state index is 11.6. The Hall–Kier alpha value is -2.17. The van der Waals surface area contributed by atoms with Crippen LogP contribution in [0.1, 0.15) is 5.56 Å². The van der Waals surface area contributed by atoms with Crippen LogP contribution in [0.25, 0.3) is 0 Å². The number of amides is 1. The molecule has 0 fully saturated rings. The number of benzene rings is 1. The summed E-state index contributed by atoms with van der Waals surface area (Å²) in [5.74, 6) is -0.211. The van der Waals surface area contributed by atoms with Gasteiger partial charge in [0.25, 0.3) is 5.91 Å². The molecule has 16 heavy (non-hydrogen) atoms. The Morgan fingerprint density at radius 2 is 2.06 bits per heavy atom. The number of hydrogen-bond acceptors (Lipinski definition) is 3. The van der Waals surface area contributed by atoms with Gasteiger partial charge >= 0.3 is 0 Å². The minimum atomic E-state index is -0.211. The first-order chi connectivity index (χ1) is 7.68. The molecule has 0 unspecified atom stereocenters. The number of hydrogen-bond donors (Lipinski definition) is 1. The lowest BCUT2D eigenvalue weighted by Gasteiger charge is -1.99. The molecule has 1 heterocycles. The topological polar surface area (TPSA) is 57.1 Å². The van der Waals surface area contributed by atoms with Crippen LogP contribution in [-0.4, -0.2) is 37.0 Å². The summed E-state index contributed by atoms with van der Waals surface area (Å²) < 4.78 is 0. The van der Waals surface area contributed by atoms with Gasteiger partial charge in [0.1, 0.15) is 6.34 Å². The lowest BCUT2D eigenvalue weighted by atomic mass is 10.1. The molecule has 5 nitrogen and oxygen atoms in total. The normalized spacial score (nSPS) is 16.6. The van der Waals surface area contributed by atoms with Gasteiger partial charge in [-0.1, -0.05) is 18.2 Å². The number of nitrogens with one attached hydrogen (secondary N) is 1. The monoisotopic (exact) mass is 216 g/mol. The Balaban J connectivity index is 2.32. The van der Waals surface area contributed by atoms with Gasteiger partial charge in [-0.25, -0.2) is 0 Å².